The number of hydrogen-bond acceptors (Lipinski definition) is 3. The van der Waals surface area contributed by atoms with Gasteiger partial charge in [-0.25, -0.2) is 0 Å². The average Bonchev–Trinajstić information content (AvgIpc) is 3.17. The predicted octanol–water partition coefficient (Wildman–Crippen LogP) is 3.19. The number of halogens is 1. The minimum Gasteiger partial charge on any atom is -0.457 e. The van der Waals surface area contributed by atoms with Gasteiger partial charge in [0.05, 0.1) is 0 Å². The van der Waals surface area contributed by atoms with Crippen LogP contribution in [0.3, 0.4) is 0 Å². The van der Waals surface area contributed by atoms with Gasteiger partial charge in [-0.15, -0.1) is 12.4 Å². The molecule has 24 heavy (non-hydrogen) atoms. The number of amides is 1. The number of benzene rings is 2. The van der Waals surface area contributed by atoms with E-state index >= 15 is 0 Å². The summed E-state index contributed by atoms with van der Waals surface area (Å²) in [4.78, 5) is 14.6. The van der Waals surface area contributed by atoms with Crippen LogP contribution in [-0.2, 0) is 0 Å². The van der Waals surface area contributed by atoms with Gasteiger partial charge < -0.3 is 15.0 Å². The summed E-state index contributed by atoms with van der Waals surface area (Å²) in [5.74, 6) is 2.92. The number of nitrogens with zero attached hydrogens (tertiary/aromatic N) is 1. The SMILES string of the molecule is Cl.O=C(c1ccc(Oc2ccccc2)cc1)N1C[C@H]2CNC[C@H]2C1. The molecule has 2 aliphatic heterocycles. The summed E-state index contributed by atoms with van der Waals surface area (Å²) in [6.07, 6.45) is 0. The first-order valence-electron chi connectivity index (χ1n) is 8.12. The highest BCUT2D eigenvalue weighted by Crippen LogP contribution is 2.28. The summed E-state index contributed by atoms with van der Waals surface area (Å²) >= 11 is 0. The number of ether oxygens (including phenoxy) is 1. The molecule has 126 valence electrons. The van der Waals surface area contributed by atoms with Gasteiger partial charge in [0.1, 0.15) is 11.5 Å². The van der Waals surface area contributed by atoms with E-state index in [0.29, 0.717) is 11.8 Å². The van der Waals surface area contributed by atoms with E-state index in [-0.39, 0.29) is 18.3 Å². The molecule has 2 aromatic rings. The molecular formula is C19H21ClN2O2. The maximum atomic E-state index is 12.6. The Balaban J connectivity index is 0.00000169. The molecule has 5 heteroatoms. The quantitative estimate of drug-likeness (QED) is 0.929. The fourth-order valence-electron chi connectivity index (χ4n) is 3.49. The van der Waals surface area contributed by atoms with E-state index in [1.165, 1.54) is 0 Å². The minimum atomic E-state index is 0. The Hall–Kier alpha value is -2.04. The molecule has 1 N–H and O–H groups in total. The van der Waals surface area contributed by atoms with Crippen LogP contribution in [-0.4, -0.2) is 37.0 Å². The van der Waals surface area contributed by atoms with Crippen molar-refractivity contribution in [2.45, 2.75) is 0 Å². The fraction of sp³-hybridized carbons (Fsp3) is 0.316. The lowest BCUT2D eigenvalue weighted by atomic mass is 10.0. The van der Waals surface area contributed by atoms with Crippen molar-refractivity contribution in [1.82, 2.24) is 10.2 Å². The molecule has 2 aliphatic rings. The van der Waals surface area contributed by atoms with Crippen molar-refractivity contribution in [3.8, 4) is 11.5 Å². The second-order valence-electron chi connectivity index (χ2n) is 6.33. The van der Waals surface area contributed by atoms with E-state index in [2.05, 4.69) is 5.32 Å². The molecule has 0 unspecified atom stereocenters. The summed E-state index contributed by atoms with van der Waals surface area (Å²) in [5.41, 5.74) is 0.735. The zero-order chi connectivity index (χ0) is 15.6. The maximum Gasteiger partial charge on any atom is 0.253 e. The van der Waals surface area contributed by atoms with Crippen LogP contribution in [0.2, 0.25) is 0 Å². The molecule has 4 nitrogen and oxygen atoms in total. The first-order chi connectivity index (χ1) is 11.3. The number of likely N-dealkylation sites (tertiary alicyclic amines) is 1. The third kappa shape index (κ3) is 3.40. The first-order valence-corrected chi connectivity index (χ1v) is 8.12. The molecule has 2 aromatic carbocycles. The lowest BCUT2D eigenvalue weighted by molar-refractivity contribution is 0.0781. The number of carbonyl (C=O) groups is 1. The normalized spacial score (nSPS) is 21.9. The van der Waals surface area contributed by atoms with Gasteiger partial charge in [0.2, 0.25) is 0 Å². The molecule has 2 saturated heterocycles. The molecule has 0 aliphatic carbocycles. The molecule has 1 amide bonds. The van der Waals surface area contributed by atoms with Crippen molar-refractivity contribution in [2.75, 3.05) is 26.2 Å². The molecular weight excluding hydrogens is 324 g/mol. The van der Waals surface area contributed by atoms with E-state index < -0.39 is 0 Å². The van der Waals surface area contributed by atoms with E-state index in [1.807, 2.05) is 59.5 Å². The standard InChI is InChI=1S/C19H20N2O2.ClH/c22-19(21-12-15-10-20-11-16(15)13-21)14-6-8-18(9-7-14)23-17-4-2-1-3-5-17;/h1-9,15-16,20H,10-13H2;1H/t15-,16+;. The summed E-state index contributed by atoms with van der Waals surface area (Å²) in [6, 6.07) is 17.1. The van der Waals surface area contributed by atoms with Crippen LogP contribution in [0.4, 0.5) is 0 Å². The lowest BCUT2D eigenvalue weighted by Gasteiger charge is -2.17. The highest BCUT2D eigenvalue weighted by atomic mass is 35.5. The Kier molecular flexibility index (Phi) is 5.07. The third-order valence-electron chi connectivity index (χ3n) is 4.76. The number of hydrogen-bond donors (Lipinski definition) is 1. The Morgan fingerprint density at radius 1 is 0.917 bits per heavy atom. The Morgan fingerprint density at radius 3 is 2.12 bits per heavy atom. The largest absolute Gasteiger partial charge is 0.457 e. The van der Waals surface area contributed by atoms with Crippen molar-refractivity contribution < 1.29 is 9.53 Å². The van der Waals surface area contributed by atoms with Crippen LogP contribution in [0.1, 0.15) is 10.4 Å². The van der Waals surface area contributed by atoms with E-state index in [1.54, 1.807) is 0 Å². The van der Waals surface area contributed by atoms with Crippen molar-refractivity contribution in [2.24, 2.45) is 11.8 Å². The van der Waals surface area contributed by atoms with Crippen molar-refractivity contribution in [3.05, 3.63) is 60.2 Å². The van der Waals surface area contributed by atoms with Crippen LogP contribution >= 0.6 is 12.4 Å². The van der Waals surface area contributed by atoms with Gasteiger partial charge in [-0.3, -0.25) is 4.79 Å². The third-order valence-corrected chi connectivity index (χ3v) is 4.76. The van der Waals surface area contributed by atoms with E-state index in [0.717, 1.165) is 43.2 Å². The topological polar surface area (TPSA) is 41.6 Å². The van der Waals surface area contributed by atoms with Crippen molar-refractivity contribution in [3.63, 3.8) is 0 Å². The van der Waals surface area contributed by atoms with Crippen LogP contribution in [0.25, 0.3) is 0 Å². The molecule has 0 bridgehead atoms. The highest BCUT2D eigenvalue weighted by Gasteiger charge is 2.38. The van der Waals surface area contributed by atoms with E-state index in [4.69, 9.17) is 4.74 Å². The molecule has 0 spiro atoms. The maximum absolute atomic E-state index is 12.6. The molecule has 2 fully saturated rings. The Labute approximate surface area is 148 Å². The summed E-state index contributed by atoms with van der Waals surface area (Å²) in [7, 11) is 0. The average molecular weight is 345 g/mol. The second-order valence-corrected chi connectivity index (χ2v) is 6.33. The molecule has 0 aromatic heterocycles. The predicted molar refractivity (Wildman–Crippen MR) is 96.0 cm³/mol. The zero-order valence-corrected chi connectivity index (χ0v) is 14.2. The number of rotatable bonds is 3. The number of carbonyl (C=O) groups excluding carboxylic acids is 1. The fourth-order valence-corrected chi connectivity index (χ4v) is 3.49. The molecule has 2 atom stereocenters. The van der Waals surface area contributed by atoms with Crippen LogP contribution in [0.15, 0.2) is 54.6 Å². The van der Waals surface area contributed by atoms with Gasteiger partial charge in [0, 0.05) is 31.7 Å². The van der Waals surface area contributed by atoms with Gasteiger partial charge in [0.15, 0.2) is 0 Å². The van der Waals surface area contributed by atoms with Crippen LogP contribution in [0, 0.1) is 11.8 Å². The van der Waals surface area contributed by atoms with Gasteiger partial charge in [-0.05, 0) is 48.2 Å². The zero-order valence-electron chi connectivity index (χ0n) is 13.4. The summed E-state index contributed by atoms with van der Waals surface area (Å²) < 4.78 is 5.77. The highest BCUT2D eigenvalue weighted by molar-refractivity contribution is 5.94. The molecule has 2 heterocycles. The van der Waals surface area contributed by atoms with Crippen LogP contribution < -0.4 is 10.1 Å². The molecule has 0 radical (unpaired) electrons. The second kappa shape index (κ2) is 7.24. The Bertz CT molecular complexity index is 678. The molecule has 4 rings (SSSR count). The van der Waals surface area contributed by atoms with E-state index in [9.17, 15) is 4.79 Å². The number of fused-ring (bicyclic) bond motifs is 1. The van der Waals surface area contributed by atoms with Crippen molar-refractivity contribution in [1.29, 1.82) is 0 Å². The van der Waals surface area contributed by atoms with Crippen molar-refractivity contribution >= 4 is 18.3 Å². The smallest absolute Gasteiger partial charge is 0.253 e. The minimum absolute atomic E-state index is 0. The first kappa shape index (κ1) is 16.8. The monoisotopic (exact) mass is 344 g/mol. The number of para-hydroxylation sites is 1. The number of nitrogens with one attached hydrogen (secondary N) is 1. The van der Waals surface area contributed by atoms with Gasteiger partial charge >= 0.3 is 0 Å². The summed E-state index contributed by atoms with van der Waals surface area (Å²) in [5, 5.41) is 3.40. The van der Waals surface area contributed by atoms with Gasteiger partial charge in [-0.2, -0.15) is 0 Å². The molecule has 0 saturated carbocycles. The Morgan fingerprint density at radius 2 is 1.50 bits per heavy atom. The lowest BCUT2D eigenvalue weighted by Crippen LogP contribution is -2.31. The van der Waals surface area contributed by atoms with Gasteiger partial charge in [-0.1, -0.05) is 18.2 Å². The van der Waals surface area contributed by atoms with Crippen LogP contribution in [0.5, 0.6) is 11.5 Å². The van der Waals surface area contributed by atoms with Gasteiger partial charge in [0.25, 0.3) is 5.91 Å². The summed E-state index contributed by atoms with van der Waals surface area (Å²) in [6.45, 7) is 3.83.